The fourth-order valence-electron chi connectivity index (χ4n) is 0.796. The first-order valence-corrected chi connectivity index (χ1v) is 5.93. The lowest BCUT2D eigenvalue weighted by atomic mass is 10.1. The van der Waals surface area contributed by atoms with Gasteiger partial charge in [0.1, 0.15) is 9.84 Å². The molecule has 0 spiro atoms. The Morgan fingerprint density at radius 2 is 1.83 bits per heavy atom. The van der Waals surface area contributed by atoms with Gasteiger partial charge >= 0.3 is 0 Å². The number of aliphatic hydroxyl groups is 2. The highest BCUT2D eigenvalue weighted by atomic mass is 32.2. The number of hydrogen-bond donors (Lipinski definition) is 2. The van der Waals surface area contributed by atoms with E-state index < -0.39 is 22.0 Å². The molecule has 0 aliphatic heterocycles. The van der Waals surface area contributed by atoms with Crippen LogP contribution in [0.3, 0.4) is 0 Å². The zero-order valence-corrected chi connectivity index (χ0v) is 8.21. The molecule has 0 aromatic heterocycles. The van der Waals surface area contributed by atoms with Gasteiger partial charge in [-0.3, -0.25) is 0 Å². The normalized spacial score (nSPS) is 17.3. The van der Waals surface area contributed by atoms with E-state index in [1.54, 1.807) is 0 Å². The molecule has 5 heteroatoms. The van der Waals surface area contributed by atoms with Crippen LogP contribution >= 0.6 is 0 Å². The molecule has 0 radical (unpaired) electrons. The fraction of sp³-hybridized carbons (Fsp3) is 1.00. The second-order valence-corrected chi connectivity index (χ2v) is 5.34. The van der Waals surface area contributed by atoms with Crippen LogP contribution in [-0.2, 0) is 9.84 Å². The molecule has 0 aromatic carbocycles. The topological polar surface area (TPSA) is 74.6 Å². The van der Waals surface area contributed by atoms with Crippen molar-refractivity contribution >= 4 is 9.84 Å². The van der Waals surface area contributed by atoms with Crippen molar-refractivity contribution in [1.29, 1.82) is 0 Å². The molecule has 0 rings (SSSR count). The summed E-state index contributed by atoms with van der Waals surface area (Å²) >= 11 is 0. The van der Waals surface area contributed by atoms with Crippen molar-refractivity contribution in [2.45, 2.75) is 32.0 Å². The SMILES string of the molecule is CC(O)C(O)CCCS(C)(=O)=O. The van der Waals surface area contributed by atoms with Crippen molar-refractivity contribution in [2.75, 3.05) is 12.0 Å². The van der Waals surface area contributed by atoms with Crippen LogP contribution in [0.15, 0.2) is 0 Å². The minimum absolute atomic E-state index is 0.0662. The lowest BCUT2D eigenvalue weighted by Crippen LogP contribution is -2.23. The van der Waals surface area contributed by atoms with Crippen molar-refractivity contribution < 1.29 is 18.6 Å². The summed E-state index contributed by atoms with van der Waals surface area (Å²) < 4.78 is 21.3. The third kappa shape index (κ3) is 6.57. The maximum Gasteiger partial charge on any atom is 0.147 e. The number of sulfone groups is 1. The first-order chi connectivity index (χ1) is 5.33. The lowest BCUT2D eigenvalue weighted by Gasteiger charge is -2.12. The van der Waals surface area contributed by atoms with Gasteiger partial charge < -0.3 is 10.2 Å². The Morgan fingerprint density at radius 1 is 1.33 bits per heavy atom. The first-order valence-electron chi connectivity index (χ1n) is 3.87. The van der Waals surface area contributed by atoms with Crippen LogP contribution in [-0.4, -0.2) is 42.8 Å². The molecule has 12 heavy (non-hydrogen) atoms. The van der Waals surface area contributed by atoms with E-state index in [0.717, 1.165) is 6.26 Å². The highest BCUT2D eigenvalue weighted by Crippen LogP contribution is 2.03. The third-order valence-electron chi connectivity index (χ3n) is 1.57. The van der Waals surface area contributed by atoms with E-state index in [0.29, 0.717) is 12.8 Å². The smallest absolute Gasteiger partial charge is 0.147 e. The van der Waals surface area contributed by atoms with Crippen molar-refractivity contribution in [2.24, 2.45) is 0 Å². The molecule has 2 atom stereocenters. The molecule has 74 valence electrons. The van der Waals surface area contributed by atoms with Gasteiger partial charge in [-0.25, -0.2) is 8.42 Å². The molecular weight excluding hydrogens is 180 g/mol. The summed E-state index contributed by atoms with van der Waals surface area (Å²) in [7, 11) is -2.94. The van der Waals surface area contributed by atoms with E-state index in [9.17, 15) is 8.42 Å². The van der Waals surface area contributed by atoms with Gasteiger partial charge in [-0.15, -0.1) is 0 Å². The van der Waals surface area contributed by atoms with E-state index in [2.05, 4.69) is 0 Å². The Balaban J connectivity index is 3.58. The van der Waals surface area contributed by atoms with Crippen molar-refractivity contribution in [3.8, 4) is 0 Å². The molecule has 0 aliphatic rings. The lowest BCUT2D eigenvalue weighted by molar-refractivity contribution is 0.0260. The van der Waals surface area contributed by atoms with E-state index >= 15 is 0 Å². The second kappa shape index (κ2) is 4.79. The second-order valence-electron chi connectivity index (χ2n) is 3.08. The van der Waals surface area contributed by atoms with Crippen LogP contribution in [0.1, 0.15) is 19.8 Å². The van der Waals surface area contributed by atoms with Crippen LogP contribution in [0.4, 0.5) is 0 Å². The monoisotopic (exact) mass is 196 g/mol. The fourth-order valence-corrected chi connectivity index (χ4v) is 1.49. The molecule has 0 heterocycles. The quantitative estimate of drug-likeness (QED) is 0.624. The molecule has 0 fully saturated rings. The van der Waals surface area contributed by atoms with E-state index in [-0.39, 0.29) is 5.75 Å². The number of hydrogen-bond acceptors (Lipinski definition) is 4. The van der Waals surface area contributed by atoms with Crippen molar-refractivity contribution in [3.05, 3.63) is 0 Å². The predicted molar refractivity (Wildman–Crippen MR) is 46.6 cm³/mol. The van der Waals surface area contributed by atoms with E-state index in [1.165, 1.54) is 6.92 Å². The molecule has 2 unspecified atom stereocenters. The first kappa shape index (κ1) is 11.9. The molecule has 0 aromatic rings. The predicted octanol–water partition coefficient (Wildman–Crippen LogP) is -0.447. The molecule has 0 amide bonds. The summed E-state index contributed by atoms with van der Waals surface area (Å²) in [5.74, 6) is 0.0662. The van der Waals surface area contributed by atoms with Gasteiger partial charge in [0.25, 0.3) is 0 Å². The van der Waals surface area contributed by atoms with Crippen LogP contribution in [0.2, 0.25) is 0 Å². The van der Waals surface area contributed by atoms with Crippen molar-refractivity contribution in [1.82, 2.24) is 0 Å². The summed E-state index contributed by atoms with van der Waals surface area (Å²) in [6.07, 6.45) is 0.272. The van der Waals surface area contributed by atoms with Gasteiger partial charge in [0.2, 0.25) is 0 Å². The van der Waals surface area contributed by atoms with Crippen LogP contribution in [0.25, 0.3) is 0 Å². The van der Waals surface area contributed by atoms with Crippen LogP contribution < -0.4 is 0 Å². The van der Waals surface area contributed by atoms with Crippen LogP contribution in [0.5, 0.6) is 0 Å². The summed E-state index contributed by atoms with van der Waals surface area (Å²) in [6, 6.07) is 0. The van der Waals surface area contributed by atoms with Crippen LogP contribution in [0, 0.1) is 0 Å². The Hall–Kier alpha value is -0.130. The van der Waals surface area contributed by atoms with E-state index in [4.69, 9.17) is 10.2 Å². The third-order valence-corrected chi connectivity index (χ3v) is 2.60. The van der Waals surface area contributed by atoms with Gasteiger partial charge in [0.05, 0.1) is 12.2 Å². The zero-order chi connectivity index (χ0) is 9.78. The summed E-state index contributed by atoms with van der Waals surface area (Å²) in [6.45, 7) is 1.48. The van der Waals surface area contributed by atoms with Gasteiger partial charge in [-0.05, 0) is 19.8 Å². The average Bonchev–Trinajstić information content (AvgIpc) is 1.84. The minimum Gasteiger partial charge on any atom is -0.391 e. The Kier molecular flexibility index (Phi) is 4.74. The molecule has 0 saturated heterocycles. The summed E-state index contributed by atoms with van der Waals surface area (Å²) in [4.78, 5) is 0. The Morgan fingerprint density at radius 3 is 2.17 bits per heavy atom. The number of rotatable bonds is 5. The average molecular weight is 196 g/mol. The molecule has 4 nitrogen and oxygen atoms in total. The van der Waals surface area contributed by atoms with Gasteiger partial charge in [0.15, 0.2) is 0 Å². The highest BCUT2D eigenvalue weighted by molar-refractivity contribution is 7.90. The molecule has 0 bridgehead atoms. The van der Waals surface area contributed by atoms with Crippen molar-refractivity contribution in [3.63, 3.8) is 0 Å². The number of aliphatic hydroxyl groups excluding tert-OH is 2. The molecule has 0 aliphatic carbocycles. The summed E-state index contributed by atoms with van der Waals surface area (Å²) in [5.41, 5.74) is 0. The van der Waals surface area contributed by atoms with Gasteiger partial charge in [-0.2, -0.15) is 0 Å². The molecule has 0 saturated carbocycles. The molecule has 2 N–H and O–H groups in total. The largest absolute Gasteiger partial charge is 0.391 e. The van der Waals surface area contributed by atoms with E-state index in [1.807, 2.05) is 0 Å². The molecular formula is C7H16O4S. The maximum atomic E-state index is 10.6. The zero-order valence-electron chi connectivity index (χ0n) is 7.40. The van der Waals surface area contributed by atoms with Gasteiger partial charge in [0, 0.05) is 12.0 Å². The minimum atomic E-state index is -2.94. The Labute approximate surface area is 73.1 Å². The standard InChI is InChI=1S/C7H16O4S/c1-6(8)7(9)4-3-5-12(2,10)11/h6-9H,3-5H2,1-2H3. The van der Waals surface area contributed by atoms with Gasteiger partial charge in [-0.1, -0.05) is 0 Å². The highest BCUT2D eigenvalue weighted by Gasteiger charge is 2.11. The summed E-state index contributed by atoms with van der Waals surface area (Å²) in [5, 5.41) is 17.9. The Bertz CT molecular complexity index is 207. The maximum absolute atomic E-state index is 10.6.